The molecule has 0 saturated heterocycles. The maximum Gasteiger partial charge on any atom is 0.382 e. The minimum Gasteiger partial charge on any atom is -0.472 e. The zero-order valence-electron chi connectivity index (χ0n) is 7.85. The molecule has 5 nitrogen and oxygen atoms in total. The van der Waals surface area contributed by atoms with Gasteiger partial charge in [-0.05, 0) is 24.5 Å². The molecule has 1 aromatic carbocycles. The maximum absolute atomic E-state index is 10.6. The SMILES string of the molecule is Cc1ccc(C#CC(=O)O)c([N+](=O)[O-])c1. The summed E-state index contributed by atoms with van der Waals surface area (Å²) >= 11 is 0. The van der Waals surface area contributed by atoms with E-state index < -0.39 is 10.9 Å². The van der Waals surface area contributed by atoms with Crippen LogP contribution in [0.5, 0.6) is 0 Å². The van der Waals surface area contributed by atoms with Crippen LogP contribution in [-0.4, -0.2) is 16.0 Å². The molecule has 5 heteroatoms. The smallest absolute Gasteiger partial charge is 0.382 e. The number of hydrogen-bond donors (Lipinski definition) is 1. The quantitative estimate of drug-likeness (QED) is 0.426. The monoisotopic (exact) mass is 205 g/mol. The second-order valence-electron chi connectivity index (χ2n) is 2.83. The van der Waals surface area contributed by atoms with E-state index in [1.165, 1.54) is 12.1 Å². The van der Waals surface area contributed by atoms with Gasteiger partial charge in [-0.25, -0.2) is 4.79 Å². The van der Waals surface area contributed by atoms with Gasteiger partial charge in [0, 0.05) is 12.0 Å². The molecule has 0 fully saturated rings. The Morgan fingerprint density at radius 1 is 1.53 bits per heavy atom. The molecule has 1 N–H and O–H groups in total. The van der Waals surface area contributed by atoms with Crippen LogP contribution >= 0.6 is 0 Å². The molecule has 0 unspecified atom stereocenters. The van der Waals surface area contributed by atoms with Gasteiger partial charge in [-0.3, -0.25) is 10.1 Å². The second-order valence-corrected chi connectivity index (χ2v) is 2.83. The van der Waals surface area contributed by atoms with E-state index in [1.807, 2.05) is 5.92 Å². The highest BCUT2D eigenvalue weighted by molar-refractivity contribution is 5.87. The molecule has 76 valence electrons. The van der Waals surface area contributed by atoms with Crippen molar-refractivity contribution in [1.82, 2.24) is 0 Å². The highest BCUT2D eigenvalue weighted by Gasteiger charge is 2.11. The van der Waals surface area contributed by atoms with Crippen LogP contribution in [0.15, 0.2) is 18.2 Å². The van der Waals surface area contributed by atoms with Crippen molar-refractivity contribution in [3.05, 3.63) is 39.4 Å². The van der Waals surface area contributed by atoms with E-state index in [4.69, 9.17) is 5.11 Å². The minimum atomic E-state index is -1.31. The van der Waals surface area contributed by atoms with Gasteiger partial charge in [0.2, 0.25) is 0 Å². The van der Waals surface area contributed by atoms with Gasteiger partial charge >= 0.3 is 5.97 Å². The number of aryl methyl sites for hydroxylation is 1. The van der Waals surface area contributed by atoms with Crippen LogP contribution < -0.4 is 0 Å². The van der Waals surface area contributed by atoms with Crippen LogP contribution in [0.4, 0.5) is 5.69 Å². The Morgan fingerprint density at radius 2 is 2.20 bits per heavy atom. The lowest BCUT2D eigenvalue weighted by molar-refractivity contribution is -0.385. The zero-order valence-corrected chi connectivity index (χ0v) is 7.85. The highest BCUT2D eigenvalue weighted by Crippen LogP contribution is 2.18. The van der Waals surface area contributed by atoms with Crippen molar-refractivity contribution in [2.24, 2.45) is 0 Å². The number of nitro benzene ring substituents is 1. The fourth-order valence-corrected chi connectivity index (χ4v) is 1.02. The molecular formula is C10H7NO4. The highest BCUT2D eigenvalue weighted by atomic mass is 16.6. The van der Waals surface area contributed by atoms with Gasteiger partial charge in [0.1, 0.15) is 5.56 Å². The topological polar surface area (TPSA) is 80.4 Å². The number of hydrogen-bond acceptors (Lipinski definition) is 3. The van der Waals surface area contributed by atoms with Crippen molar-refractivity contribution in [2.45, 2.75) is 6.92 Å². The van der Waals surface area contributed by atoms with E-state index in [-0.39, 0.29) is 11.3 Å². The molecule has 0 bridgehead atoms. The lowest BCUT2D eigenvalue weighted by Gasteiger charge is -1.96. The Morgan fingerprint density at radius 3 is 2.73 bits per heavy atom. The van der Waals surface area contributed by atoms with E-state index in [9.17, 15) is 14.9 Å². The summed E-state index contributed by atoms with van der Waals surface area (Å²) in [6.07, 6.45) is 0. The Kier molecular flexibility index (Phi) is 3.03. The Balaban J connectivity index is 3.25. The first-order valence-electron chi connectivity index (χ1n) is 4.00. The lowest BCUT2D eigenvalue weighted by atomic mass is 10.1. The Bertz CT molecular complexity index is 482. The molecule has 0 aromatic heterocycles. The van der Waals surface area contributed by atoms with Gasteiger partial charge in [-0.15, -0.1) is 0 Å². The molecule has 0 aliphatic heterocycles. The first-order chi connectivity index (χ1) is 7.00. The minimum absolute atomic E-state index is 0.105. The summed E-state index contributed by atoms with van der Waals surface area (Å²) in [5, 5.41) is 18.9. The van der Waals surface area contributed by atoms with Crippen LogP contribution in [-0.2, 0) is 4.79 Å². The number of carboxylic acids is 1. The van der Waals surface area contributed by atoms with Crippen molar-refractivity contribution in [3.8, 4) is 11.8 Å². The van der Waals surface area contributed by atoms with Gasteiger partial charge in [-0.1, -0.05) is 6.07 Å². The number of rotatable bonds is 1. The van der Waals surface area contributed by atoms with E-state index in [0.29, 0.717) is 0 Å². The van der Waals surface area contributed by atoms with Gasteiger partial charge in [0.25, 0.3) is 5.69 Å². The predicted octanol–water partition coefficient (Wildman–Crippen LogP) is 1.34. The van der Waals surface area contributed by atoms with E-state index >= 15 is 0 Å². The lowest BCUT2D eigenvalue weighted by Crippen LogP contribution is -1.94. The van der Waals surface area contributed by atoms with Crippen LogP contribution in [0.1, 0.15) is 11.1 Å². The first kappa shape index (κ1) is 10.7. The van der Waals surface area contributed by atoms with Crippen molar-refractivity contribution in [3.63, 3.8) is 0 Å². The predicted molar refractivity (Wildman–Crippen MR) is 52.3 cm³/mol. The number of nitro groups is 1. The van der Waals surface area contributed by atoms with E-state index in [1.54, 1.807) is 13.0 Å². The molecule has 0 saturated carbocycles. The average Bonchev–Trinajstić information content (AvgIpc) is 2.15. The third-order valence-corrected chi connectivity index (χ3v) is 1.65. The first-order valence-corrected chi connectivity index (χ1v) is 4.00. The van der Waals surface area contributed by atoms with Gasteiger partial charge in [-0.2, -0.15) is 0 Å². The fourth-order valence-electron chi connectivity index (χ4n) is 1.02. The molecule has 0 heterocycles. The molecule has 0 aliphatic rings. The van der Waals surface area contributed by atoms with E-state index in [2.05, 4.69) is 5.92 Å². The maximum atomic E-state index is 10.6. The number of carbonyl (C=O) groups is 1. The molecule has 1 rings (SSSR count). The number of carboxylic acid groups (broad SMARTS) is 1. The summed E-state index contributed by atoms with van der Waals surface area (Å²) < 4.78 is 0. The second kappa shape index (κ2) is 4.24. The molecule has 15 heavy (non-hydrogen) atoms. The standard InChI is InChI=1S/C10H7NO4/c1-7-2-3-8(4-5-10(12)13)9(6-7)11(14)15/h2-3,6H,1H3,(H,12,13). The van der Waals surface area contributed by atoms with Crippen LogP contribution in [0.3, 0.4) is 0 Å². The molecule has 0 spiro atoms. The summed E-state index contributed by atoms with van der Waals surface area (Å²) in [7, 11) is 0. The summed E-state index contributed by atoms with van der Waals surface area (Å²) in [6, 6.07) is 4.42. The van der Waals surface area contributed by atoms with Gasteiger partial charge < -0.3 is 5.11 Å². The molecule has 0 atom stereocenters. The zero-order chi connectivity index (χ0) is 11.4. The molecule has 1 aromatic rings. The van der Waals surface area contributed by atoms with Crippen LogP contribution in [0, 0.1) is 28.9 Å². The normalized spacial score (nSPS) is 8.87. The average molecular weight is 205 g/mol. The summed E-state index contributed by atoms with van der Waals surface area (Å²) in [5.74, 6) is 2.75. The number of aliphatic carboxylic acids is 1. The van der Waals surface area contributed by atoms with Crippen molar-refractivity contribution < 1.29 is 14.8 Å². The van der Waals surface area contributed by atoms with Crippen molar-refractivity contribution in [2.75, 3.05) is 0 Å². The molecule has 0 radical (unpaired) electrons. The summed E-state index contributed by atoms with van der Waals surface area (Å²) in [5.41, 5.74) is 0.652. The van der Waals surface area contributed by atoms with Crippen molar-refractivity contribution in [1.29, 1.82) is 0 Å². The molecule has 0 aliphatic carbocycles. The summed E-state index contributed by atoms with van der Waals surface area (Å²) in [4.78, 5) is 20.2. The third kappa shape index (κ3) is 2.81. The number of benzene rings is 1. The molecule has 0 amide bonds. The van der Waals surface area contributed by atoms with Gasteiger partial charge in [0.05, 0.1) is 4.92 Å². The third-order valence-electron chi connectivity index (χ3n) is 1.65. The molecular weight excluding hydrogens is 198 g/mol. The number of nitrogens with zero attached hydrogens (tertiary/aromatic N) is 1. The van der Waals surface area contributed by atoms with Crippen LogP contribution in [0.2, 0.25) is 0 Å². The Hall–Kier alpha value is -2.35. The van der Waals surface area contributed by atoms with E-state index in [0.717, 1.165) is 5.56 Å². The summed E-state index contributed by atoms with van der Waals surface area (Å²) in [6.45, 7) is 1.71. The van der Waals surface area contributed by atoms with Gasteiger partial charge in [0.15, 0.2) is 0 Å². The fraction of sp³-hybridized carbons (Fsp3) is 0.100. The van der Waals surface area contributed by atoms with Crippen LogP contribution in [0.25, 0.3) is 0 Å². The van der Waals surface area contributed by atoms with Crippen molar-refractivity contribution >= 4 is 11.7 Å². The Labute approximate surface area is 85.5 Å². The largest absolute Gasteiger partial charge is 0.472 e.